The monoisotopic (exact) mass is 400 g/mol. The summed E-state index contributed by atoms with van der Waals surface area (Å²) in [4.78, 5) is 24.8. The van der Waals surface area contributed by atoms with Gasteiger partial charge in [-0.25, -0.2) is 0 Å². The van der Waals surface area contributed by atoms with Crippen LogP contribution in [0.3, 0.4) is 0 Å². The number of rotatable bonds is 4. The molecule has 2 N–H and O–H groups in total. The summed E-state index contributed by atoms with van der Waals surface area (Å²) in [6.45, 7) is 5.80. The third kappa shape index (κ3) is 4.84. The van der Waals surface area contributed by atoms with E-state index in [1.54, 1.807) is 42.5 Å². The van der Waals surface area contributed by atoms with Crippen molar-refractivity contribution < 1.29 is 19.1 Å². The topological polar surface area (TPSA) is 76.7 Å². The highest BCUT2D eigenvalue weighted by molar-refractivity contribution is 6.32. The van der Waals surface area contributed by atoms with Crippen molar-refractivity contribution in [1.82, 2.24) is 5.32 Å². The number of para-hydroxylation sites is 1. The van der Waals surface area contributed by atoms with Crippen molar-refractivity contribution in [2.24, 2.45) is 0 Å². The highest BCUT2D eigenvalue weighted by atomic mass is 35.5. The molecule has 0 saturated heterocycles. The predicted octanol–water partition coefficient (Wildman–Crippen LogP) is 4.25. The van der Waals surface area contributed by atoms with Gasteiger partial charge in [-0.2, -0.15) is 0 Å². The fourth-order valence-corrected chi connectivity index (χ4v) is 2.90. The van der Waals surface area contributed by atoms with Crippen LogP contribution in [0.4, 0.5) is 5.69 Å². The molecule has 0 unspecified atom stereocenters. The number of hydrogen-bond donors (Lipinski definition) is 2. The molecule has 146 valence electrons. The van der Waals surface area contributed by atoms with Crippen LogP contribution in [-0.2, 0) is 4.79 Å². The average molecular weight is 401 g/mol. The number of hydrogen-bond acceptors (Lipinski definition) is 4. The molecule has 0 saturated carbocycles. The van der Waals surface area contributed by atoms with Gasteiger partial charge in [-0.05, 0) is 56.7 Å². The highest BCUT2D eigenvalue weighted by Crippen LogP contribution is 2.40. The number of anilines is 1. The second-order valence-corrected chi connectivity index (χ2v) is 7.72. The van der Waals surface area contributed by atoms with Gasteiger partial charge in [0, 0.05) is 11.6 Å². The molecule has 0 aliphatic carbocycles. The van der Waals surface area contributed by atoms with Crippen LogP contribution in [0.1, 0.15) is 36.7 Å². The zero-order valence-corrected chi connectivity index (χ0v) is 16.6. The number of nitrogens with one attached hydrogen (secondary N) is 2. The summed E-state index contributed by atoms with van der Waals surface area (Å²) < 4.78 is 10.6. The Balaban J connectivity index is 1.73. The van der Waals surface area contributed by atoms with Crippen molar-refractivity contribution in [1.29, 1.82) is 0 Å². The van der Waals surface area contributed by atoms with Gasteiger partial charge in [-0.3, -0.25) is 9.59 Å². The molecule has 2 aromatic carbocycles. The second kappa shape index (κ2) is 7.94. The molecular weight excluding hydrogens is 380 g/mol. The average Bonchev–Trinajstić information content (AvgIpc) is 3.08. The second-order valence-electron chi connectivity index (χ2n) is 7.31. The van der Waals surface area contributed by atoms with Crippen molar-refractivity contribution in [3.8, 4) is 11.5 Å². The third-order valence-electron chi connectivity index (χ3n) is 3.79. The Morgan fingerprint density at radius 3 is 2.64 bits per heavy atom. The van der Waals surface area contributed by atoms with Crippen LogP contribution in [0.2, 0.25) is 5.02 Å². The largest absolute Gasteiger partial charge is 0.454 e. The standard InChI is InChI=1S/C21H21ClN2O4/c1-21(2,3)24-20(26)14-6-4-5-7-16(14)23-18(25)9-8-13-10-15(22)19-17(11-13)27-12-28-19/h4-11H,12H2,1-3H3,(H,23,25)(H,24,26). The number of amides is 2. The van der Waals surface area contributed by atoms with Crippen LogP contribution in [-0.4, -0.2) is 24.1 Å². The molecule has 0 radical (unpaired) electrons. The summed E-state index contributed by atoms with van der Waals surface area (Å²) in [6, 6.07) is 10.3. The highest BCUT2D eigenvalue weighted by Gasteiger charge is 2.19. The number of benzene rings is 2. The fraction of sp³-hybridized carbons (Fsp3) is 0.238. The number of carbonyl (C=O) groups excluding carboxylic acids is 2. The van der Waals surface area contributed by atoms with Crippen molar-refractivity contribution >= 4 is 35.2 Å². The van der Waals surface area contributed by atoms with E-state index in [0.29, 0.717) is 33.3 Å². The molecule has 2 aromatic rings. The van der Waals surface area contributed by atoms with Gasteiger partial charge in [0.1, 0.15) is 0 Å². The molecule has 1 aliphatic rings. The smallest absolute Gasteiger partial charge is 0.253 e. The van der Waals surface area contributed by atoms with Gasteiger partial charge in [0.2, 0.25) is 12.7 Å². The normalized spacial score (nSPS) is 12.9. The van der Waals surface area contributed by atoms with Gasteiger partial charge in [0.05, 0.1) is 16.3 Å². The summed E-state index contributed by atoms with van der Waals surface area (Å²) in [5.74, 6) is 0.415. The van der Waals surface area contributed by atoms with E-state index >= 15 is 0 Å². The van der Waals surface area contributed by atoms with E-state index in [-0.39, 0.29) is 24.1 Å². The summed E-state index contributed by atoms with van der Waals surface area (Å²) in [5, 5.41) is 6.04. The predicted molar refractivity (Wildman–Crippen MR) is 109 cm³/mol. The maximum Gasteiger partial charge on any atom is 0.253 e. The quantitative estimate of drug-likeness (QED) is 0.752. The number of carbonyl (C=O) groups is 2. The maximum atomic E-state index is 12.5. The molecule has 28 heavy (non-hydrogen) atoms. The first-order chi connectivity index (χ1) is 13.2. The molecular formula is C21H21ClN2O4. The SMILES string of the molecule is CC(C)(C)NC(=O)c1ccccc1NC(=O)C=Cc1cc(Cl)c2c(c1)OCO2. The lowest BCUT2D eigenvalue weighted by molar-refractivity contribution is -0.111. The van der Waals surface area contributed by atoms with E-state index in [9.17, 15) is 9.59 Å². The summed E-state index contributed by atoms with van der Waals surface area (Å²) >= 11 is 6.14. The van der Waals surface area contributed by atoms with Gasteiger partial charge in [-0.1, -0.05) is 23.7 Å². The molecule has 6 nitrogen and oxygen atoms in total. The lowest BCUT2D eigenvalue weighted by atomic mass is 10.1. The molecule has 0 fully saturated rings. The Morgan fingerprint density at radius 2 is 1.89 bits per heavy atom. The minimum Gasteiger partial charge on any atom is -0.454 e. The van der Waals surface area contributed by atoms with Gasteiger partial charge in [0.15, 0.2) is 11.5 Å². The van der Waals surface area contributed by atoms with E-state index in [0.717, 1.165) is 0 Å². The lowest BCUT2D eigenvalue weighted by Crippen LogP contribution is -2.40. The molecule has 0 atom stereocenters. The first kappa shape index (κ1) is 19.8. The molecule has 3 rings (SSSR count). The first-order valence-corrected chi connectivity index (χ1v) is 9.10. The Hall–Kier alpha value is -2.99. The van der Waals surface area contributed by atoms with Crippen LogP contribution in [0, 0.1) is 0 Å². The molecule has 1 heterocycles. The van der Waals surface area contributed by atoms with Crippen LogP contribution in [0.15, 0.2) is 42.5 Å². The number of ether oxygens (including phenoxy) is 2. The zero-order chi connectivity index (χ0) is 20.3. The summed E-state index contributed by atoms with van der Waals surface area (Å²) in [6.07, 6.45) is 2.98. The minimum absolute atomic E-state index is 0.121. The van der Waals surface area contributed by atoms with Crippen LogP contribution in [0.25, 0.3) is 6.08 Å². The van der Waals surface area contributed by atoms with Crippen LogP contribution < -0.4 is 20.1 Å². The van der Waals surface area contributed by atoms with E-state index in [1.807, 2.05) is 20.8 Å². The first-order valence-electron chi connectivity index (χ1n) is 8.73. The molecule has 1 aliphatic heterocycles. The van der Waals surface area contributed by atoms with Crippen LogP contribution >= 0.6 is 11.6 Å². The lowest BCUT2D eigenvalue weighted by Gasteiger charge is -2.21. The van der Waals surface area contributed by atoms with Gasteiger partial charge in [0.25, 0.3) is 5.91 Å². The van der Waals surface area contributed by atoms with Crippen molar-refractivity contribution in [2.45, 2.75) is 26.3 Å². The van der Waals surface area contributed by atoms with E-state index < -0.39 is 0 Å². The van der Waals surface area contributed by atoms with Gasteiger partial charge < -0.3 is 20.1 Å². The maximum absolute atomic E-state index is 12.5. The Morgan fingerprint density at radius 1 is 1.14 bits per heavy atom. The zero-order valence-electron chi connectivity index (χ0n) is 15.8. The van der Waals surface area contributed by atoms with Crippen LogP contribution in [0.5, 0.6) is 11.5 Å². The van der Waals surface area contributed by atoms with Crippen molar-refractivity contribution in [3.05, 3.63) is 58.6 Å². The third-order valence-corrected chi connectivity index (χ3v) is 4.08. The van der Waals surface area contributed by atoms with Gasteiger partial charge in [-0.15, -0.1) is 0 Å². The number of fused-ring (bicyclic) bond motifs is 1. The summed E-state index contributed by atoms with van der Waals surface area (Å²) in [5.41, 5.74) is 1.14. The van der Waals surface area contributed by atoms with Gasteiger partial charge >= 0.3 is 0 Å². The molecule has 7 heteroatoms. The van der Waals surface area contributed by atoms with Crippen molar-refractivity contribution in [2.75, 3.05) is 12.1 Å². The van der Waals surface area contributed by atoms with E-state index in [1.165, 1.54) is 6.08 Å². The molecule has 0 bridgehead atoms. The molecule has 2 amide bonds. The van der Waals surface area contributed by atoms with Crippen molar-refractivity contribution in [3.63, 3.8) is 0 Å². The van der Waals surface area contributed by atoms with E-state index in [4.69, 9.17) is 21.1 Å². The Bertz CT molecular complexity index is 948. The Kier molecular flexibility index (Phi) is 5.61. The van der Waals surface area contributed by atoms with E-state index in [2.05, 4.69) is 10.6 Å². The Labute approximate surface area is 168 Å². The fourth-order valence-electron chi connectivity index (χ4n) is 2.63. The number of halogens is 1. The molecule has 0 aromatic heterocycles. The summed E-state index contributed by atoms with van der Waals surface area (Å²) in [7, 11) is 0. The molecule has 0 spiro atoms. The minimum atomic E-state index is -0.382.